The number of nitrogens with zero attached hydrogens (tertiary/aromatic N) is 2. The van der Waals surface area contributed by atoms with Crippen molar-refractivity contribution in [3.8, 4) is 0 Å². The van der Waals surface area contributed by atoms with E-state index < -0.39 is 13.1 Å². The fourth-order valence-corrected chi connectivity index (χ4v) is 3.18. The van der Waals surface area contributed by atoms with Gasteiger partial charge in [0, 0.05) is 32.6 Å². The lowest BCUT2D eigenvalue weighted by molar-refractivity contribution is -0.130. The maximum Gasteiger partial charge on any atom is 0.475 e. The fourth-order valence-electron chi connectivity index (χ4n) is 3.18. The molecule has 3 N–H and O–H groups in total. The van der Waals surface area contributed by atoms with Crippen molar-refractivity contribution in [2.24, 2.45) is 0 Å². The standard InChI is InChI=1S/C13H24BN3O4/c1-10(18)16-6-2-4-11(9-16)15-8-13(19)17-7-3-5-12(17)14(20)21/h11-12,15,20-21H,2-9H2,1H3/t11-,12-/m0/s1. The molecule has 0 aromatic heterocycles. The Morgan fingerprint density at radius 3 is 2.62 bits per heavy atom. The summed E-state index contributed by atoms with van der Waals surface area (Å²) in [6.45, 7) is 3.73. The van der Waals surface area contributed by atoms with Gasteiger partial charge in [0.05, 0.1) is 12.5 Å². The SMILES string of the molecule is CC(=O)N1CCC[C@H](NCC(=O)N2CCC[C@H]2B(O)O)C1. The van der Waals surface area contributed by atoms with Crippen LogP contribution in [0.2, 0.25) is 0 Å². The van der Waals surface area contributed by atoms with Crippen LogP contribution >= 0.6 is 0 Å². The van der Waals surface area contributed by atoms with Gasteiger partial charge in [-0.3, -0.25) is 9.59 Å². The number of carbonyl (C=O) groups excluding carboxylic acids is 2. The highest BCUT2D eigenvalue weighted by Gasteiger charge is 2.36. The number of amides is 2. The van der Waals surface area contributed by atoms with Crippen molar-refractivity contribution in [3.63, 3.8) is 0 Å². The third-order valence-corrected chi connectivity index (χ3v) is 4.37. The van der Waals surface area contributed by atoms with E-state index in [1.807, 2.05) is 0 Å². The molecule has 2 atom stereocenters. The van der Waals surface area contributed by atoms with Crippen molar-refractivity contribution in [1.82, 2.24) is 15.1 Å². The van der Waals surface area contributed by atoms with Gasteiger partial charge in [-0.15, -0.1) is 0 Å². The van der Waals surface area contributed by atoms with Crippen LogP contribution in [0.1, 0.15) is 32.6 Å². The van der Waals surface area contributed by atoms with Gasteiger partial charge in [0.1, 0.15) is 0 Å². The fraction of sp³-hybridized carbons (Fsp3) is 0.846. The lowest BCUT2D eigenvalue weighted by Crippen LogP contribution is -2.52. The molecular formula is C13H24BN3O4. The minimum absolute atomic E-state index is 0.0656. The predicted molar refractivity (Wildman–Crippen MR) is 78.2 cm³/mol. The minimum Gasteiger partial charge on any atom is -0.426 e. The average Bonchev–Trinajstić information content (AvgIpc) is 2.94. The summed E-state index contributed by atoms with van der Waals surface area (Å²) in [5.74, 6) is -0.527. The molecule has 0 unspecified atom stereocenters. The van der Waals surface area contributed by atoms with E-state index in [1.165, 1.54) is 0 Å². The van der Waals surface area contributed by atoms with E-state index in [9.17, 15) is 19.6 Å². The monoisotopic (exact) mass is 297 g/mol. The third kappa shape index (κ3) is 4.18. The molecule has 0 aromatic carbocycles. The van der Waals surface area contributed by atoms with Crippen molar-refractivity contribution < 1.29 is 19.6 Å². The molecule has 118 valence electrons. The summed E-state index contributed by atoms with van der Waals surface area (Å²) in [6.07, 6.45) is 3.32. The summed E-state index contributed by atoms with van der Waals surface area (Å²) >= 11 is 0. The van der Waals surface area contributed by atoms with E-state index in [-0.39, 0.29) is 24.4 Å². The zero-order valence-electron chi connectivity index (χ0n) is 12.5. The topological polar surface area (TPSA) is 93.1 Å². The van der Waals surface area contributed by atoms with Gasteiger partial charge in [-0.1, -0.05) is 0 Å². The normalized spacial score (nSPS) is 26.0. The summed E-state index contributed by atoms with van der Waals surface area (Å²) in [7, 11) is -1.47. The van der Waals surface area contributed by atoms with E-state index in [0.29, 0.717) is 19.5 Å². The Morgan fingerprint density at radius 1 is 1.24 bits per heavy atom. The van der Waals surface area contributed by atoms with Gasteiger partial charge >= 0.3 is 7.12 Å². The van der Waals surface area contributed by atoms with E-state index >= 15 is 0 Å². The van der Waals surface area contributed by atoms with E-state index in [2.05, 4.69) is 5.32 Å². The Kier molecular flexibility index (Phi) is 5.61. The van der Waals surface area contributed by atoms with Crippen molar-refractivity contribution >= 4 is 18.9 Å². The summed E-state index contributed by atoms with van der Waals surface area (Å²) in [4.78, 5) is 26.9. The molecule has 2 aliphatic rings. The molecule has 2 amide bonds. The predicted octanol–water partition coefficient (Wildman–Crippen LogP) is -1.41. The quantitative estimate of drug-likeness (QED) is 0.554. The molecule has 0 saturated carbocycles. The summed E-state index contributed by atoms with van der Waals surface area (Å²) < 4.78 is 0. The van der Waals surface area contributed by atoms with E-state index in [4.69, 9.17) is 0 Å². The van der Waals surface area contributed by atoms with Crippen LogP contribution in [0.5, 0.6) is 0 Å². The van der Waals surface area contributed by atoms with Crippen molar-refractivity contribution in [3.05, 3.63) is 0 Å². The van der Waals surface area contributed by atoms with E-state index in [1.54, 1.807) is 16.7 Å². The minimum atomic E-state index is -1.47. The second-order valence-electron chi connectivity index (χ2n) is 5.90. The number of likely N-dealkylation sites (tertiary alicyclic amines) is 2. The van der Waals surface area contributed by atoms with Crippen LogP contribution in [0.4, 0.5) is 0 Å². The first kappa shape index (κ1) is 16.3. The molecule has 0 bridgehead atoms. The van der Waals surface area contributed by atoms with Crippen molar-refractivity contribution in [2.75, 3.05) is 26.2 Å². The van der Waals surface area contributed by atoms with Crippen LogP contribution < -0.4 is 5.32 Å². The van der Waals surface area contributed by atoms with Crippen LogP contribution in [0.3, 0.4) is 0 Å². The van der Waals surface area contributed by atoms with Gasteiger partial charge in [-0.05, 0) is 25.7 Å². The molecule has 0 spiro atoms. The van der Waals surface area contributed by atoms with Gasteiger partial charge < -0.3 is 25.2 Å². The van der Waals surface area contributed by atoms with Crippen molar-refractivity contribution in [2.45, 2.75) is 44.6 Å². The van der Waals surface area contributed by atoms with Crippen LogP contribution in [0.15, 0.2) is 0 Å². The maximum atomic E-state index is 12.2. The summed E-state index contributed by atoms with van der Waals surface area (Å²) in [6, 6.07) is 0.131. The molecule has 2 saturated heterocycles. The van der Waals surface area contributed by atoms with Gasteiger partial charge in [0.15, 0.2) is 0 Å². The smallest absolute Gasteiger partial charge is 0.426 e. The highest BCUT2D eigenvalue weighted by atomic mass is 16.4. The first-order chi connectivity index (χ1) is 9.99. The van der Waals surface area contributed by atoms with Gasteiger partial charge in [0.25, 0.3) is 0 Å². The maximum absolute atomic E-state index is 12.2. The number of carbonyl (C=O) groups is 2. The average molecular weight is 297 g/mol. The highest BCUT2D eigenvalue weighted by Crippen LogP contribution is 2.18. The second kappa shape index (κ2) is 7.24. The number of piperidine rings is 1. The lowest BCUT2D eigenvalue weighted by Gasteiger charge is -2.33. The molecule has 2 aliphatic heterocycles. The van der Waals surface area contributed by atoms with E-state index in [0.717, 1.165) is 25.8 Å². The number of nitrogens with one attached hydrogen (secondary N) is 1. The molecule has 2 fully saturated rings. The van der Waals surface area contributed by atoms with Gasteiger partial charge in [-0.2, -0.15) is 0 Å². The first-order valence-corrected chi connectivity index (χ1v) is 7.63. The number of hydrogen-bond donors (Lipinski definition) is 3. The molecule has 2 rings (SSSR count). The van der Waals surface area contributed by atoms with Crippen LogP contribution in [-0.2, 0) is 9.59 Å². The van der Waals surface area contributed by atoms with Crippen LogP contribution in [0.25, 0.3) is 0 Å². The molecule has 21 heavy (non-hydrogen) atoms. The number of hydrogen-bond acceptors (Lipinski definition) is 5. The largest absolute Gasteiger partial charge is 0.475 e. The third-order valence-electron chi connectivity index (χ3n) is 4.37. The molecule has 7 nitrogen and oxygen atoms in total. The summed E-state index contributed by atoms with van der Waals surface area (Å²) in [5.41, 5.74) is 0. The summed E-state index contributed by atoms with van der Waals surface area (Å²) in [5, 5.41) is 21.8. The molecule has 0 radical (unpaired) electrons. The Bertz CT molecular complexity index is 394. The second-order valence-corrected chi connectivity index (χ2v) is 5.90. The zero-order valence-corrected chi connectivity index (χ0v) is 12.5. The van der Waals surface area contributed by atoms with Gasteiger partial charge in [-0.25, -0.2) is 0 Å². The molecule has 0 aliphatic carbocycles. The Morgan fingerprint density at radius 2 is 1.95 bits per heavy atom. The molecular weight excluding hydrogens is 273 g/mol. The number of rotatable bonds is 4. The Balaban J connectivity index is 1.79. The first-order valence-electron chi connectivity index (χ1n) is 7.63. The highest BCUT2D eigenvalue weighted by molar-refractivity contribution is 6.43. The lowest BCUT2D eigenvalue weighted by atomic mass is 9.78. The Hall–Kier alpha value is -1.12. The molecule has 0 aromatic rings. The van der Waals surface area contributed by atoms with Crippen LogP contribution in [-0.4, -0.2) is 76.9 Å². The molecule has 2 heterocycles. The molecule has 8 heteroatoms. The Labute approximate surface area is 125 Å². The zero-order chi connectivity index (χ0) is 15.4. The van der Waals surface area contributed by atoms with Gasteiger partial charge in [0.2, 0.25) is 11.8 Å². The van der Waals surface area contributed by atoms with Crippen molar-refractivity contribution in [1.29, 1.82) is 0 Å². The van der Waals surface area contributed by atoms with Crippen LogP contribution in [0, 0.1) is 0 Å².